The minimum atomic E-state index is -4.04. The second-order valence-electron chi connectivity index (χ2n) is 9.76. The average molecular weight is 537 g/mol. The molecular formula is C31H24N2O5S. The fraction of sp³-hybridized carbons (Fsp3) is 0.129. The largest absolute Gasteiger partial charge is 0.508 e. The van der Waals surface area contributed by atoms with Crippen LogP contribution < -0.4 is 4.18 Å². The number of benzene rings is 4. The van der Waals surface area contributed by atoms with Crippen LogP contribution in [0, 0.1) is 0 Å². The highest BCUT2D eigenvalue weighted by molar-refractivity contribution is 7.87. The number of hydrogen-bond acceptors (Lipinski definition) is 6. The maximum absolute atomic E-state index is 13.7. The summed E-state index contributed by atoms with van der Waals surface area (Å²) in [5.74, 6) is 0.475. The Morgan fingerprint density at radius 1 is 0.872 bits per heavy atom. The SMILES string of the molecule is O=S(=O)(Oc1cccc2ccccc12)C1CC2OC1C(c1ccc(-n3ccnc3)cc1)=C2c1ccc(O)cc1. The number of imidazole rings is 1. The topological polar surface area (TPSA) is 90.7 Å². The van der Waals surface area contributed by atoms with Gasteiger partial charge in [-0.05, 0) is 58.0 Å². The second kappa shape index (κ2) is 9.11. The fourth-order valence-corrected chi connectivity index (χ4v) is 7.11. The van der Waals surface area contributed by atoms with E-state index in [1.165, 1.54) is 0 Å². The standard InChI is InChI=1S/C31H24N2O5S/c34-24-14-10-21(11-15-24)29-27-18-28(39(35,36)38-26-7-3-5-20-4-1-2-6-25(20)26)31(37-27)30(29)22-8-12-23(13-9-22)33-17-16-32-19-33/h1-17,19,27-28,31,34H,18H2. The second-order valence-corrected chi connectivity index (χ2v) is 11.5. The summed E-state index contributed by atoms with van der Waals surface area (Å²) in [6, 6.07) is 27.8. The van der Waals surface area contributed by atoms with E-state index in [0.717, 1.165) is 38.7 Å². The zero-order valence-corrected chi connectivity index (χ0v) is 21.5. The van der Waals surface area contributed by atoms with E-state index in [1.54, 1.807) is 36.8 Å². The Morgan fingerprint density at radius 2 is 1.59 bits per heavy atom. The van der Waals surface area contributed by atoms with Crippen LogP contribution in [0.3, 0.4) is 0 Å². The van der Waals surface area contributed by atoms with E-state index in [1.807, 2.05) is 77.5 Å². The molecule has 2 bridgehead atoms. The molecule has 2 aliphatic heterocycles. The first kappa shape index (κ1) is 23.7. The van der Waals surface area contributed by atoms with Crippen molar-refractivity contribution in [3.8, 4) is 17.2 Å². The number of rotatable bonds is 6. The van der Waals surface area contributed by atoms with E-state index >= 15 is 0 Å². The smallest absolute Gasteiger partial charge is 0.315 e. The number of phenols is 1. The fourth-order valence-electron chi connectivity index (χ4n) is 5.67. The minimum absolute atomic E-state index is 0.165. The lowest BCUT2D eigenvalue weighted by Gasteiger charge is -2.25. The van der Waals surface area contributed by atoms with Crippen molar-refractivity contribution in [3.05, 3.63) is 121 Å². The van der Waals surface area contributed by atoms with E-state index in [2.05, 4.69) is 4.98 Å². The van der Waals surface area contributed by atoms with Gasteiger partial charge in [-0.1, -0.05) is 60.7 Å². The number of nitrogens with zero attached hydrogens (tertiary/aromatic N) is 2. The zero-order valence-electron chi connectivity index (χ0n) is 20.7. The molecule has 1 aromatic heterocycles. The van der Waals surface area contributed by atoms with Gasteiger partial charge in [-0.3, -0.25) is 0 Å². The molecule has 0 spiro atoms. The van der Waals surface area contributed by atoms with Crippen LogP contribution in [-0.4, -0.2) is 40.5 Å². The van der Waals surface area contributed by atoms with Crippen LogP contribution in [0.1, 0.15) is 17.5 Å². The molecule has 0 saturated carbocycles. The van der Waals surface area contributed by atoms with Crippen molar-refractivity contribution in [3.63, 3.8) is 0 Å². The lowest BCUT2D eigenvalue weighted by atomic mass is 9.83. The third-order valence-corrected chi connectivity index (χ3v) is 9.07. The molecule has 0 amide bonds. The van der Waals surface area contributed by atoms with Crippen molar-refractivity contribution < 1.29 is 22.4 Å². The van der Waals surface area contributed by atoms with Crippen molar-refractivity contribution in [1.29, 1.82) is 0 Å². The third kappa shape index (κ3) is 4.09. The summed E-state index contributed by atoms with van der Waals surface area (Å²) < 4.78 is 41.5. The van der Waals surface area contributed by atoms with Crippen LogP contribution in [0.5, 0.6) is 11.5 Å². The third-order valence-electron chi connectivity index (χ3n) is 7.48. The number of aromatic hydroxyl groups is 1. The number of ether oxygens (including phenoxy) is 1. The molecule has 194 valence electrons. The Hall–Kier alpha value is -4.40. The number of phenolic OH excluding ortho intramolecular Hbond substituents is 1. The monoisotopic (exact) mass is 536 g/mol. The Bertz CT molecular complexity index is 1810. The van der Waals surface area contributed by atoms with Crippen molar-refractivity contribution in [1.82, 2.24) is 9.55 Å². The van der Waals surface area contributed by atoms with E-state index < -0.39 is 27.6 Å². The van der Waals surface area contributed by atoms with Crippen molar-refractivity contribution in [2.24, 2.45) is 0 Å². The zero-order chi connectivity index (χ0) is 26.6. The van der Waals surface area contributed by atoms with Gasteiger partial charge in [-0.25, -0.2) is 4.98 Å². The molecule has 7 nitrogen and oxygen atoms in total. The summed E-state index contributed by atoms with van der Waals surface area (Å²) in [7, 11) is -4.04. The van der Waals surface area contributed by atoms with Crippen LogP contribution in [0.15, 0.2) is 110 Å². The van der Waals surface area contributed by atoms with E-state index in [-0.39, 0.29) is 12.2 Å². The molecule has 8 heteroatoms. The van der Waals surface area contributed by atoms with Gasteiger partial charge in [0, 0.05) is 29.9 Å². The van der Waals surface area contributed by atoms with Crippen LogP contribution in [-0.2, 0) is 14.9 Å². The van der Waals surface area contributed by atoms with Gasteiger partial charge in [0.1, 0.15) is 22.9 Å². The molecule has 3 unspecified atom stereocenters. The van der Waals surface area contributed by atoms with Gasteiger partial charge in [-0.2, -0.15) is 8.42 Å². The minimum Gasteiger partial charge on any atom is -0.508 e. The Labute approximate surface area is 225 Å². The first-order chi connectivity index (χ1) is 19.0. The molecule has 5 aromatic rings. The van der Waals surface area contributed by atoms with E-state index in [0.29, 0.717) is 5.75 Å². The van der Waals surface area contributed by atoms with Crippen LogP contribution in [0.2, 0.25) is 0 Å². The number of hydrogen-bond donors (Lipinski definition) is 1. The molecule has 1 saturated heterocycles. The van der Waals surface area contributed by atoms with E-state index in [9.17, 15) is 13.5 Å². The molecule has 39 heavy (non-hydrogen) atoms. The molecule has 4 aromatic carbocycles. The maximum Gasteiger partial charge on any atom is 0.315 e. The highest BCUT2D eigenvalue weighted by Crippen LogP contribution is 2.51. The summed E-state index contributed by atoms with van der Waals surface area (Å²) in [5, 5.41) is 10.6. The molecule has 0 radical (unpaired) electrons. The van der Waals surface area contributed by atoms with Crippen molar-refractivity contribution >= 4 is 32.0 Å². The Kier molecular flexibility index (Phi) is 5.54. The molecule has 1 N–H and O–H groups in total. The van der Waals surface area contributed by atoms with Gasteiger partial charge in [0.15, 0.2) is 0 Å². The first-order valence-electron chi connectivity index (χ1n) is 12.7. The number of fused-ring (bicyclic) bond motifs is 3. The van der Waals surface area contributed by atoms with Crippen LogP contribution in [0.25, 0.3) is 27.6 Å². The lowest BCUT2D eigenvalue weighted by molar-refractivity contribution is 0.128. The predicted molar refractivity (Wildman–Crippen MR) is 149 cm³/mol. The summed E-state index contributed by atoms with van der Waals surface area (Å²) in [5.41, 5.74) is 4.46. The van der Waals surface area contributed by atoms with Crippen LogP contribution >= 0.6 is 0 Å². The lowest BCUT2D eigenvalue weighted by Crippen LogP contribution is -2.35. The maximum atomic E-state index is 13.7. The highest BCUT2D eigenvalue weighted by atomic mass is 32.2. The molecule has 3 heterocycles. The number of aromatic nitrogens is 2. The van der Waals surface area contributed by atoms with Crippen LogP contribution in [0.4, 0.5) is 0 Å². The highest BCUT2D eigenvalue weighted by Gasteiger charge is 2.53. The molecule has 0 aliphatic carbocycles. The van der Waals surface area contributed by atoms with Crippen molar-refractivity contribution in [2.75, 3.05) is 0 Å². The normalized spacial score (nSPS) is 20.6. The van der Waals surface area contributed by atoms with Gasteiger partial charge in [0.2, 0.25) is 0 Å². The Morgan fingerprint density at radius 3 is 2.36 bits per heavy atom. The van der Waals surface area contributed by atoms with Gasteiger partial charge >= 0.3 is 10.1 Å². The Balaban J connectivity index is 1.29. The van der Waals surface area contributed by atoms with Gasteiger partial charge in [0.05, 0.1) is 12.4 Å². The quantitative estimate of drug-likeness (QED) is 0.285. The van der Waals surface area contributed by atoms with E-state index in [4.69, 9.17) is 8.92 Å². The van der Waals surface area contributed by atoms with Gasteiger partial charge in [-0.15, -0.1) is 0 Å². The molecule has 7 rings (SSSR count). The molecule has 1 fully saturated rings. The summed E-state index contributed by atoms with van der Waals surface area (Å²) in [6.07, 6.45) is 4.48. The molecular weight excluding hydrogens is 512 g/mol. The van der Waals surface area contributed by atoms with Crippen molar-refractivity contribution in [2.45, 2.75) is 23.9 Å². The van der Waals surface area contributed by atoms with Gasteiger partial charge in [0.25, 0.3) is 0 Å². The summed E-state index contributed by atoms with van der Waals surface area (Å²) >= 11 is 0. The molecule has 2 aliphatic rings. The summed E-state index contributed by atoms with van der Waals surface area (Å²) in [6.45, 7) is 0. The first-order valence-corrected chi connectivity index (χ1v) is 14.1. The van der Waals surface area contributed by atoms with Gasteiger partial charge < -0.3 is 18.6 Å². The summed E-state index contributed by atoms with van der Waals surface area (Å²) in [4.78, 5) is 4.11. The molecule has 3 atom stereocenters. The predicted octanol–water partition coefficient (Wildman–Crippen LogP) is 5.59. The average Bonchev–Trinajstić information content (AvgIpc) is 3.71.